The summed E-state index contributed by atoms with van der Waals surface area (Å²) in [6, 6.07) is 3.59. The number of aromatic amines is 1. The molecule has 18 heavy (non-hydrogen) atoms. The number of aryl methyl sites for hydroxylation is 1. The van der Waals surface area contributed by atoms with Gasteiger partial charge in [-0.05, 0) is 13.0 Å². The first kappa shape index (κ1) is 10.6. The molecular weight excluding hydrogens is 234 g/mol. The lowest BCUT2D eigenvalue weighted by Crippen LogP contribution is -2.14. The minimum absolute atomic E-state index is 0.281. The van der Waals surface area contributed by atoms with Gasteiger partial charge in [-0.3, -0.25) is 0 Å². The Hall–Kier alpha value is -2.57. The van der Waals surface area contributed by atoms with E-state index in [1.54, 1.807) is 25.5 Å². The monoisotopic (exact) mass is 245 g/mol. The van der Waals surface area contributed by atoms with Gasteiger partial charge in [-0.2, -0.15) is 5.10 Å². The highest BCUT2D eigenvalue weighted by Gasteiger charge is 2.06. The number of furan rings is 1. The second-order valence-electron chi connectivity index (χ2n) is 3.90. The molecule has 3 aromatic rings. The Bertz CT molecular complexity index is 726. The van der Waals surface area contributed by atoms with Gasteiger partial charge in [0.1, 0.15) is 11.6 Å². The van der Waals surface area contributed by atoms with Crippen molar-refractivity contribution in [2.24, 2.45) is 0 Å². The van der Waals surface area contributed by atoms with Gasteiger partial charge in [-0.25, -0.2) is 19.3 Å². The minimum Gasteiger partial charge on any atom is -0.472 e. The van der Waals surface area contributed by atoms with Crippen molar-refractivity contribution in [3.63, 3.8) is 0 Å². The molecule has 0 radical (unpaired) electrons. The summed E-state index contributed by atoms with van der Waals surface area (Å²) < 4.78 is 6.40. The van der Waals surface area contributed by atoms with E-state index < -0.39 is 0 Å². The zero-order valence-corrected chi connectivity index (χ0v) is 9.67. The smallest absolute Gasteiger partial charge is 0.349 e. The molecule has 0 unspecified atom stereocenters. The van der Waals surface area contributed by atoms with Gasteiger partial charge in [0.25, 0.3) is 0 Å². The lowest BCUT2D eigenvalue weighted by Gasteiger charge is -2.05. The summed E-state index contributed by atoms with van der Waals surface area (Å²) in [5, 5.41) is 9.45. The minimum atomic E-state index is -0.281. The van der Waals surface area contributed by atoms with Crippen molar-refractivity contribution in [1.29, 1.82) is 0 Å². The number of rotatable bonds is 3. The first-order valence-corrected chi connectivity index (χ1v) is 5.44. The fourth-order valence-electron chi connectivity index (χ4n) is 1.77. The van der Waals surface area contributed by atoms with Crippen LogP contribution in [-0.2, 0) is 6.54 Å². The summed E-state index contributed by atoms with van der Waals surface area (Å²) in [6.07, 6.45) is 3.28. The molecule has 0 saturated heterocycles. The standard InChI is InChI=1S/C11H11N5O2/c1-7-13-9(12-5-8-2-3-18-6-8)4-10-14-15-11(17)16(7)10/h2-4,6,12H,5H2,1H3,(H,15,17). The second-order valence-corrected chi connectivity index (χ2v) is 3.90. The lowest BCUT2D eigenvalue weighted by atomic mass is 10.3. The molecule has 7 nitrogen and oxygen atoms in total. The Labute approximate surface area is 101 Å². The van der Waals surface area contributed by atoms with Crippen LogP contribution in [0.2, 0.25) is 0 Å². The van der Waals surface area contributed by atoms with Crippen molar-refractivity contribution in [3.8, 4) is 0 Å². The molecule has 0 aliphatic carbocycles. The average molecular weight is 245 g/mol. The maximum Gasteiger partial charge on any atom is 0.349 e. The number of anilines is 1. The Morgan fingerprint density at radius 2 is 2.44 bits per heavy atom. The molecule has 0 atom stereocenters. The molecule has 0 aliphatic heterocycles. The van der Waals surface area contributed by atoms with Crippen LogP contribution in [0.4, 0.5) is 5.82 Å². The molecule has 0 bridgehead atoms. The van der Waals surface area contributed by atoms with E-state index in [1.165, 1.54) is 4.40 Å². The molecule has 0 spiro atoms. The molecule has 3 rings (SSSR count). The van der Waals surface area contributed by atoms with E-state index in [1.807, 2.05) is 6.07 Å². The highest BCUT2D eigenvalue weighted by molar-refractivity contribution is 5.49. The van der Waals surface area contributed by atoms with Gasteiger partial charge in [0, 0.05) is 18.2 Å². The van der Waals surface area contributed by atoms with Crippen molar-refractivity contribution >= 4 is 11.5 Å². The maximum atomic E-state index is 11.4. The van der Waals surface area contributed by atoms with Crippen LogP contribution in [-0.4, -0.2) is 19.6 Å². The van der Waals surface area contributed by atoms with Crippen LogP contribution >= 0.6 is 0 Å². The van der Waals surface area contributed by atoms with Crippen molar-refractivity contribution in [2.75, 3.05) is 5.32 Å². The highest BCUT2D eigenvalue weighted by Crippen LogP contribution is 2.10. The van der Waals surface area contributed by atoms with Crippen LogP contribution < -0.4 is 11.0 Å². The van der Waals surface area contributed by atoms with Gasteiger partial charge < -0.3 is 9.73 Å². The van der Waals surface area contributed by atoms with Crippen LogP contribution in [0.25, 0.3) is 5.65 Å². The SMILES string of the molecule is Cc1nc(NCc2ccoc2)cc2n[nH]c(=O)n12. The first-order chi connectivity index (χ1) is 8.74. The second kappa shape index (κ2) is 4.02. The zero-order chi connectivity index (χ0) is 12.5. The fraction of sp³-hybridized carbons (Fsp3) is 0.182. The van der Waals surface area contributed by atoms with E-state index in [9.17, 15) is 4.79 Å². The van der Waals surface area contributed by atoms with Gasteiger partial charge in [0.2, 0.25) is 0 Å². The molecule has 0 aliphatic rings. The normalized spacial score (nSPS) is 10.9. The highest BCUT2D eigenvalue weighted by atomic mass is 16.3. The van der Waals surface area contributed by atoms with Crippen LogP contribution in [0.3, 0.4) is 0 Å². The third-order valence-electron chi connectivity index (χ3n) is 2.62. The summed E-state index contributed by atoms with van der Waals surface area (Å²) in [6.45, 7) is 2.36. The fourth-order valence-corrected chi connectivity index (χ4v) is 1.77. The third-order valence-corrected chi connectivity index (χ3v) is 2.62. The quantitative estimate of drug-likeness (QED) is 0.716. The van der Waals surface area contributed by atoms with Crippen molar-refractivity contribution in [3.05, 3.63) is 46.5 Å². The number of nitrogens with zero attached hydrogens (tertiary/aromatic N) is 3. The van der Waals surface area contributed by atoms with Crippen LogP contribution in [0.15, 0.2) is 33.9 Å². The summed E-state index contributed by atoms with van der Waals surface area (Å²) >= 11 is 0. The van der Waals surface area contributed by atoms with Crippen molar-refractivity contribution in [1.82, 2.24) is 19.6 Å². The molecule has 0 aromatic carbocycles. The summed E-state index contributed by atoms with van der Waals surface area (Å²) in [7, 11) is 0. The van der Waals surface area contributed by atoms with E-state index in [-0.39, 0.29) is 5.69 Å². The molecule has 2 N–H and O–H groups in total. The van der Waals surface area contributed by atoms with E-state index in [4.69, 9.17) is 4.42 Å². The summed E-state index contributed by atoms with van der Waals surface area (Å²) in [4.78, 5) is 15.7. The topological polar surface area (TPSA) is 88.2 Å². The van der Waals surface area contributed by atoms with E-state index >= 15 is 0 Å². The third kappa shape index (κ3) is 1.75. The Balaban J connectivity index is 1.91. The number of hydrogen-bond donors (Lipinski definition) is 2. The van der Waals surface area contributed by atoms with E-state index in [0.29, 0.717) is 23.8 Å². The van der Waals surface area contributed by atoms with Gasteiger partial charge in [0.05, 0.1) is 12.5 Å². The molecular formula is C11H11N5O2. The maximum absolute atomic E-state index is 11.4. The Morgan fingerprint density at radius 3 is 3.22 bits per heavy atom. The lowest BCUT2D eigenvalue weighted by molar-refractivity contribution is 0.564. The molecule has 0 amide bonds. The van der Waals surface area contributed by atoms with E-state index in [2.05, 4.69) is 20.5 Å². The number of fused-ring (bicyclic) bond motifs is 1. The number of aromatic nitrogens is 4. The van der Waals surface area contributed by atoms with Crippen molar-refractivity contribution < 1.29 is 4.42 Å². The first-order valence-electron chi connectivity index (χ1n) is 5.44. The van der Waals surface area contributed by atoms with Crippen LogP contribution in [0, 0.1) is 6.92 Å². The van der Waals surface area contributed by atoms with Crippen LogP contribution in [0.1, 0.15) is 11.4 Å². The van der Waals surface area contributed by atoms with Gasteiger partial charge in [-0.15, -0.1) is 0 Å². The average Bonchev–Trinajstić information content (AvgIpc) is 2.97. The Morgan fingerprint density at radius 1 is 1.56 bits per heavy atom. The van der Waals surface area contributed by atoms with Gasteiger partial charge >= 0.3 is 5.69 Å². The summed E-state index contributed by atoms with van der Waals surface area (Å²) in [5.74, 6) is 1.25. The predicted octanol–water partition coefficient (Wildman–Crippen LogP) is 0.931. The number of hydrogen-bond acceptors (Lipinski definition) is 5. The number of nitrogens with one attached hydrogen (secondary N) is 2. The Kier molecular flexibility index (Phi) is 2.36. The van der Waals surface area contributed by atoms with Crippen LogP contribution in [0.5, 0.6) is 0 Å². The zero-order valence-electron chi connectivity index (χ0n) is 9.67. The predicted molar refractivity (Wildman–Crippen MR) is 64.4 cm³/mol. The van der Waals surface area contributed by atoms with Gasteiger partial charge in [0.15, 0.2) is 5.65 Å². The van der Waals surface area contributed by atoms with Gasteiger partial charge in [-0.1, -0.05) is 0 Å². The molecule has 3 heterocycles. The molecule has 0 fully saturated rings. The van der Waals surface area contributed by atoms with E-state index in [0.717, 1.165) is 5.56 Å². The largest absolute Gasteiger partial charge is 0.472 e. The van der Waals surface area contributed by atoms with Crippen molar-refractivity contribution in [2.45, 2.75) is 13.5 Å². The molecule has 0 saturated carbocycles. The summed E-state index contributed by atoms with van der Waals surface area (Å²) in [5.41, 5.74) is 1.28. The molecule has 7 heteroatoms. The molecule has 92 valence electrons. The number of H-pyrrole nitrogens is 1. The molecule has 3 aromatic heterocycles.